The van der Waals surface area contributed by atoms with Crippen LogP contribution in [-0.4, -0.2) is 19.1 Å². The third-order valence-corrected chi connectivity index (χ3v) is 7.12. The summed E-state index contributed by atoms with van der Waals surface area (Å²) in [6.45, 7) is 4.12. The molecular formula is C36H32BN2O2. The molecule has 0 spiro atoms. The van der Waals surface area contributed by atoms with Crippen molar-refractivity contribution in [1.82, 2.24) is 0 Å². The second-order valence-corrected chi connectivity index (χ2v) is 10.0. The standard InChI is InChI=1S/C36H32BN2O2/c1-3-25-4-8-31(9-5-25)35(40)38-33-20-16-29(17-21-33)27-12-14-28(15-13-27)30-18-22-34(23-19-30)39-36(41)32-10-6-26(7-11-32)24-37-2/h4-23H,3,24H2,1-2H3,(H,38,40)(H,39,41). The Bertz CT molecular complexity index is 1610. The van der Waals surface area contributed by atoms with Crippen molar-refractivity contribution in [2.45, 2.75) is 26.5 Å². The van der Waals surface area contributed by atoms with E-state index >= 15 is 0 Å². The van der Waals surface area contributed by atoms with Crippen molar-refractivity contribution in [3.63, 3.8) is 0 Å². The van der Waals surface area contributed by atoms with E-state index in [1.807, 2.05) is 104 Å². The summed E-state index contributed by atoms with van der Waals surface area (Å²) in [7, 11) is 2.10. The van der Waals surface area contributed by atoms with E-state index in [2.05, 4.69) is 49.1 Å². The third-order valence-electron chi connectivity index (χ3n) is 7.12. The minimum absolute atomic E-state index is 0.115. The molecule has 4 nitrogen and oxygen atoms in total. The van der Waals surface area contributed by atoms with Gasteiger partial charge in [-0.1, -0.05) is 98.4 Å². The first kappa shape index (κ1) is 27.7. The molecule has 0 atom stereocenters. The molecule has 0 saturated heterocycles. The van der Waals surface area contributed by atoms with Crippen LogP contribution in [0.15, 0.2) is 121 Å². The molecular weight excluding hydrogens is 503 g/mol. The summed E-state index contributed by atoms with van der Waals surface area (Å²) in [6.07, 6.45) is 1.84. The molecule has 2 amide bonds. The van der Waals surface area contributed by atoms with Gasteiger partial charge >= 0.3 is 0 Å². The molecule has 0 aliphatic rings. The van der Waals surface area contributed by atoms with Crippen LogP contribution < -0.4 is 10.6 Å². The maximum absolute atomic E-state index is 12.6. The van der Waals surface area contributed by atoms with E-state index in [1.165, 1.54) is 11.1 Å². The second-order valence-electron chi connectivity index (χ2n) is 10.0. The Morgan fingerprint density at radius 3 is 1.20 bits per heavy atom. The van der Waals surface area contributed by atoms with Gasteiger partial charge < -0.3 is 10.6 Å². The summed E-state index contributed by atoms with van der Waals surface area (Å²) in [5.74, 6) is -0.236. The minimum Gasteiger partial charge on any atom is -0.322 e. The van der Waals surface area contributed by atoms with Crippen molar-refractivity contribution >= 4 is 30.5 Å². The molecule has 0 aliphatic carbocycles. The zero-order valence-electron chi connectivity index (χ0n) is 23.4. The van der Waals surface area contributed by atoms with Gasteiger partial charge in [-0.15, -0.1) is 0 Å². The fourth-order valence-electron chi connectivity index (χ4n) is 4.67. The zero-order valence-corrected chi connectivity index (χ0v) is 23.4. The average molecular weight is 535 g/mol. The van der Waals surface area contributed by atoms with Crippen molar-refractivity contribution in [3.05, 3.63) is 144 Å². The van der Waals surface area contributed by atoms with E-state index in [0.717, 1.165) is 46.4 Å². The summed E-state index contributed by atoms with van der Waals surface area (Å²) >= 11 is 0. The van der Waals surface area contributed by atoms with Crippen LogP contribution >= 0.6 is 0 Å². The number of amides is 2. The molecule has 0 fully saturated rings. The smallest absolute Gasteiger partial charge is 0.255 e. The van der Waals surface area contributed by atoms with Gasteiger partial charge in [-0.05, 0) is 82.8 Å². The number of anilines is 2. The Balaban J connectivity index is 1.19. The second kappa shape index (κ2) is 13.0. The first-order chi connectivity index (χ1) is 20.0. The molecule has 0 aromatic heterocycles. The summed E-state index contributed by atoms with van der Waals surface area (Å²) in [4.78, 5) is 25.2. The molecule has 201 valence electrons. The molecule has 0 saturated carbocycles. The van der Waals surface area contributed by atoms with E-state index < -0.39 is 0 Å². The largest absolute Gasteiger partial charge is 0.322 e. The molecule has 2 N–H and O–H groups in total. The van der Waals surface area contributed by atoms with Crippen LogP contribution in [0.2, 0.25) is 6.82 Å². The van der Waals surface area contributed by atoms with Crippen molar-refractivity contribution in [2.75, 3.05) is 10.6 Å². The van der Waals surface area contributed by atoms with Gasteiger partial charge in [-0.25, -0.2) is 0 Å². The van der Waals surface area contributed by atoms with Gasteiger partial charge in [0.1, 0.15) is 7.28 Å². The lowest BCUT2D eigenvalue weighted by Crippen LogP contribution is -2.11. The maximum Gasteiger partial charge on any atom is 0.255 e. The molecule has 0 aliphatic heterocycles. The number of carbonyl (C=O) groups is 2. The first-order valence-corrected chi connectivity index (χ1v) is 13.9. The lowest BCUT2D eigenvalue weighted by Gasteiger charge is -2.09. The molecule has 0 heterocycles. The monoisotopic (exact) mass is 535 g/mol. The lowest BCUT2D eigenvalue weighted by atomic mass is 9.75. The van der Waals surface area contributed by atoms with Gasteiger partial charge in [0.05, 0.1) is 0 Å². The average Bonchev–Trinajstić information content (AvgIpc) is 3.02. The number of carbonyl (C=O) groups excluding carboxylic acids is 2. The molecule has 5 rings (SSSR count). The highest BCUT2D eigenvalue weighted by Crippen LogP contribution is 2.27. The molecule has 5 aromatic carbocycles. The lowest BCUT2D eigenvalue weighted by molar-refractivity contribution is 0.101. The number of rotatable bonds is 9. The van der Waals surface area contributed by atoms with Crippen LogP contribution in [-0.2, 0) is 12.7 Å². The molecule has 41 heavy (non-hydrogen) atoms. The quantitative estimate of drug-likeness (QED) is 0.186. The predicted molar refractivity (Wildman–Crippen MR) is 171 cm³/mol. The Kier molecular flexibility index (Phi) is 8.75. The number of benzene rings is 5. The highest BCUT2D eigenvalue weighted by molar-refractivity contribution is 6.32. The van der Waals surface area contributed by atoms with Crippen LogP contribution in [0.1, 0.15) is 38.8 Å². The Labute approximate surface area is 242 Å². The SMILES string of the molecule is C[B]Cc1ccc(C(=O)Nc2ccc(-c3ccc(-c4ccc(NC(=O)c5ccc(CC)cc5)cc4)cc3)cc2)cc1. The number of nitrogens with one attached hydrogen (secondary N) is 2. The van der Waals surface area contributed by atoms with Gasteiger partial charge in [0.15, 0.2) is 0 Å². The Hall–Kier alpha value is -4.90. The summed E-state index contributed by atoms with van der Waals surface area (Å²) in [5, 5.41) is 5.95. The molecule has 0 bridgehead atoms. The van der Waals surface area contributed by atoms with Gasteiger partial charge in [0, 0.05) is 22.5 Å². The van der Waals surface area contributed by atoms with Crippen LogP contribution in [0.5, 0.6) is 0 Å². The number of hydrogen-bond donors (Lipinski definition) is 2. The minimum atomic E-state index is -0.120. The maximum atomic E-state index is 12.6. The van der Waals surface area contributed by atoms with E-state index in [1.54, 1.807) is 0 Å². The summed E-state index contributed by atoms with van der Waals surface area (Å²) in [6, 6.07) is 39.5. The van der Waals surface area contributed by atoms with Crippen molar-refractivity contribution in [3.8, 4) is 22.3 Å². The van der Waals surface area contributed by atoms with Crippen molar-refractivity contribution < 1.29 is 9.59 Å². The molecule has 5 aromatic rings. The Morgan fingerprint density at radius 1 is 0.512 bits per heavy atom. The van der Waals surface area contributed by atoms with Crippen LogP contribution in [0.4, 0.5) is 11.4 Å². The third kappa shape index (κ3) is 7.01. The molecule has 5 heteroatoms. The highest BCUT2D eigenvalue weighted by atomic mass is 16.2. The van der Waals surface area contributed by atoms with Crippen LogP contribution in [0.3, 0.4) is 0 Å². The van der Waals surface area contributed by atoms with E-state index in [-0.39, 0.29) is 11.8 Å². The molecule has 0 unspecified atom stereocenters. The first-order valence-electron chi connectivity index (χ1n) is 13.9. The van der Waals surface area contributed by atoms with Gasteiger partial charge in [0.25, 0.3) is 11.8 Å². The zero-order chi connectivity index (χ0) is 28.6. The van der Waals surface area contributed by atoms with E-state index in [4.69, 9.17) is 0 Å². The van der Waals surface area contributed by atoms with Gasteiger partial charge in [0.2, 0.25) is 0 Å². The normalized spacial score (nSPS) is 10.6. The van der Waals surface area contributed by atoms with Crippen molar-refractivity contribution in [2.24, 2.45) is 0 Å². The highest BCUT2D eigenvalue weighted by Gasteiger charge is 2.08. The van der Waals surface area contributed by atoms with E-state index in [9.17, 15) is 9.59 Å². The summed E-state index contributed by atoms with van der Waals surface area (Å²) in [5.41, 5.74) is 9.52. The fourth-order valence-corrected chi connectivity index (χ4v) is 4.67. The van der Waals surface area contributed by atoms with E-state index in [0.29, 0.717) is 11.1 Å². The van der Waals surface area contributed by atoms with Crippen LogP contribution in [0.25, 0.3) is 22.3 Å². The number of hydrogen-bond acceptors (Lipinski definition) is 2. The number of aryl methyl sites for hydroxylation is 1. The predicted octanol–water partition coefficient (Wildman–Crippen LogP) is 8.34. The topological polar surface area (TPSA) is 58.2 Å². The van der Waals surface area contributed by atoms with Crippen molar-refractivity contribution in [1.29, 1.82) is 0 Å². The molecule has 1 radical (unpaired) electrons. The Morgan fingerprint density at radius 2 is 0.854 bits per heavy atom. The summed E-state index contributed by atoms with van der Waals surface area (Å²) < 4.78 is 0. The van der Waals surface area contributed by atoms with Gasteiger partial charge in [-0.3, -0.25) is 9.59 Å². The van der Waals surface area contributed by atoms with Crippen LogP contribution in [0, 0.1) is 0 Å². The van der Waals surface area contributed by atoms with Gasteiger partial charge in [-0.2, -0.15) is 0 Å². The fraction of sp³-hybridized carbons (Fsp3) is 0.111.